The summed E-state index contributed by atoms with van der Waals surface area (Å²) in [5.74, 6) is -0.0349. The van der Waals surface area contributed by atoms with E-state index < -0.39 is 0 Å². The fraction of sp³-hybridized carbons (Fsp3) is 0.478. The van der Waals surface area contributed by atoms with Crippen LogP contribution in [0.1, 0.15) is 58.5 Å². The first-order valence-electron chi connectivity index (χ1n) is 11.1. The van der Waals surface area contributed by atoms with Crippen molar-refractivity contribution in [3.63, 3.8) is 0 Å². The molecule has 0 bridgehead atoms. The van der Waals surface area contributed by atoms with Gasteiger partial charge in [0.15, 0.2) is 5.16 Å². The molecule has 3 aromatic rings. The number of aryl methyl sites for hydroxylation is 3. The van der Waals surface area contributed by atoms with Crippen LogP contribution in [0.2, 0.25) is 0 Å². The second kappa shape index (κ2) is 9.00. The molecule has 0 atom stereocenters. The minimum atomic E-state index is -0.178. The molecule has 0 saturated heterocycles. The zero-order valence-electron chi connectivity index (χ0n) is 18.0. The third-order valence-electron chi connectivity index (χ3n) is 6.27. The lowest BCUT2D eigenvalue weighted by Gasteiger charge is -2.11. The Hall–Kier alpha value is -2.15. The lowest BCUT2D eigenvalue weighted by atomic mass is 9.97. The van der Waals surface area contributed by atoms with Crippen molar-refractivity contribution in [2.75, 3.05) is 11.1 Å². The van der Waals surface area contributed by atoms with Crippen LogP contribution in [0.25, 0.3) is 10.2 Å². The van der Waals surface area contributed by atoms with E-state index in [0.29, 0.717) is 15.7 Å². The maximum absolute atomic E-state index is 13.0. The zero-order valence-corrected chi connectivity index (χ0v) is 20.4. The van der Waals surface area contributed by atoms with Gasteiger partial charge in [-0.1, -0.05) is 18.2 Å². The van der Waals surface area contributed by atoms with Gasteiger partial charge >= 0.3 is 0 Å². The fourth-order valence-corrected chi connectivity index (χ4v) is 7.97. The second-order valence-corrected chi connectivity index (χ2v) is 11.5. The van der Waals surface area contributed by atoms with Crippen molar-refractivity contribution in [2.45, 2.75) is 62.9 Å². The van der Waals surface area contributed by atoms with Crippen LogP contribution in [-0.4, -0.2) is 21.2 Å². The number of anilines is 1. The molecule has 3 heterocycles. The van der Waals surface area contributed by atoms with Crippen molar-refractivity contribution in [1.82, 2.24) is 9.55 Å². The lowest BCUT2D eigenvalue weighted by molar-refractivity contribution is -0.113. The number of hydrogen-bond acceptors (Lipinski definition) is 7. The summed E-state index contributed by atoms with van der Waals surface area (Å²) in [4.78, 5) is 33.8. The molecule has 1 N–H and O–H groups in total. The van der Waals surface area contributed by atoms with Crippen molar-refractivity contribution in [1.29, 1.82) is 5.26 Å². The number of thioether (sulfide) groups is 1. The van der Waals surface area contributed by atoms with E-state index >= 15 is 0 Å². The summed E-state index contributed by atoms with van der Waals surface area (Å²) in [5.41, 5.74) is 2.90. The smallest absolute Gasteiger partial charge is 0.262 e. The van der Waals surface area contributed by atoms with Gasteiger partial charge in [-0.15, -0.1) is 22.7 Å². The molecular formula is C23H24N4O2S3. The number of nitriles is 1. The Bertz CT molecular complexity index is 1310. The summed E-state index contributed by atoms with van der Waals surface area (Å²) >= 11 is 4.43. The summed E-state index contributed by atoms with van der Waals surface area (Å²) in [6.07, 6.45) is 9.57. The van der Waals surface area contributed by atoms with Gasteiger partial charge in [-0.3, -0.25) is 14.2 Å². The number of amides is 1. The van der Waals surface area contributed by atoms with E-state index in [2.05, 4.69) is 11.4 Å². The van der Waals surface area contributed by atoms with E-state index in [-0.39, 0.29) is 17.2 Å². The highest BCUT2D eigenvalue weighted by molar-refractivity contribution is 7.99. The summed E-state index contributed by atoms with van der Waals surface area (Å²) in [5, 5.41) is 14.6. The number of carbonyl (C=O) groups is 1. The number of nitrogens with one attached hydrogen (secondary N) is 1. The highest BCUT2D eigenvalue weighted by Crippen LogP contribution is 2.37. The van der Waals surface area contributed by atoms with Gasteiger partial charge in [-0.25, -0.2) is 4.98 Å². The molecule has 1 amide bonds. The van der Waals surface area contributed by atoms with Gasteiger partial charge in [0.25, 0.3) is 5.56 Å². The Labute approximate surface area is 198 Å². The van der Waals surface area contributed by atoms with Crippen LogP contribution in [0.5, 0.6) is 0 Å². The third-order valence-corrected chi connectivity index (χ3v) is 9.70. The van der Waals surface area contributed by atoms with Gasteiger partial charge in [-0.05, 0) is 62.5 Å². The average molecular weight is 485 g/mol. The molecule has 2 aliphatic rings. The highest BCUT2D eigenvalue weighted by atomic mass is 32.2. The second-order valence-electron chi connectivity index (χ2n) is 8.37. The monoisotopic (exact) mass is 484 g/mol. The number of aromatic nitrogens is 2. The van der Waals surface area contributed by atoms with Crippen LogP contribution in [0.3, 0.4) is 0 Å². The molecule has 0 aliphatic heterocycles. The van der Waals surface area contributed by atoms with E-state index in [4.69, 9.17) is 4.98 Å². The zero-order chi connectivity index (χ0) is 22.2. The molecule has 3 aromatic heterocycles. The minimum Gasteiger partial charge on any atom is -0.316 e. The van der Waals surface area contributed by atoms with E-state index in [1.54, 1.807) is 23.0 Å². The van der Waals surface area contributed by atoms with Gasteiger partial charge < -0.3 is 5.32 Å². The number of rotatable bonds is 4. The highest BCUT2D eigenvalue weighted by Gasteiger charge is 2.23. The van der Waals surface area contributed by atoms with E-state index in [1.807, 2.05) is 0 Å². The van der Waals surface area contributed by atoms with Crippen LogP contribution in [-0.2, 0) is 37.5 Å². The molecule has 166 valence electrons. The number of thiophene rings is 2. The first-order valence-corrected chi connectivity index (χ1v) is 13.7. The third kappa shape index (κ3) is 3.89. The summed E-state index contributed by atoms with van der Waals surface area (Å²) in [6.45, 7) is 0. The number of nitrogens with zero attached hydrogens (tertiary/aromatic N) is 3. The Balaban J connectivity index is 1.34. The first-order chi connectivity index (χ1) is 15.6. The van der Waals surface area contributed by atoms with Gasteiger partial charge in [0.2, 0.25) is 5.91 Å². The SMILES string of the molecule is Cn1c(SCC(=O)Nc2sc3c(c2C#N)CCCCC3)nc2sc3c(c2c1=O)CCCC3. The predicted molar refractivity (Wildman–Crippen MR) is 131 cm³/mol. The molecule has 0 fully saturated rings. The van der Waals surface area contributed by atoms with Gasteiger partial charge in [-0.2, -0.15) is 5.26 Å². The lowest BCUT2D eigenvalue weighted by Crippen LogP contribution is -2.22. The number of carbonyl (C=O) groups excluding carboxylic acids is 1. The van der Waals surface area contributed by atoms with E-state index in [1.165, 1.54) is 51.3 Å². The Morgan fingerprint density at radius 2 is 1.78 bits per heavy atom. The minimum absolute atomic E-state index is 0.0222. The van der Waals surface area contributed by atoms with Crippen LogP contribution in [0, 0.1) is 11.3 Å². The standard InChI is InChI=1S/C23H24N4O2S3/c1-27-22(29)19-14-8-5-6-10-17(14)32-21(19)26-23(27)30-12-18(28)25-20-15(11-24)13-7-3-2-4-9-16(13)31-20/h2-10,12H2,1H3,(H,25,28). The Morgan fingerprint density at radius 1 is 1.09 bits per heavy atom. The quantitative estimate of drug-likeness (QED) is 0.326. The van der Waals surface area contributed by atoms with E-state index in [0.717, 1.165) is 60.7 Å². The first kappa shape index (κ1) is 21.7. The van der Waals surface area contributed by atoms with Crippen molar-refractivity contribution >= 4 is 55.6 Å². The number of fused-ring (bicyclic) bond motifs is 4. The van der Waals surface area contributed by atoms with Crippen molar-refractivity contribution in [3.05, 3.63) is 36.8 Å². The van der Waals surface area contributed by atoms with Crippen LogP contribution < -0.4 is 10.9 Å². The maximum Gasteiger partial charge on any atom is 0.262 e. The fourth-order valence-electron chi connectivity index (χ4n) is 4.64. The molecule has 0 spiro atoms. The van der Waals surface area contributed by atoms with Crippen molar-refractivity contribution < 1.29 is 4.79 Å². The Kier molecular flexibility index (Phi) is 6.10. The topological polar surface area (TPSA) is 87.8 Å². The molecule has 32 heavy (non-hydrogen) atoms. The van der Waals surface area contributed by atoms with Crippen molar-refractivity contribution in [2.24, 2.45) is 7.05 Å². The van der Waals surface area contributed by atoms with Crippen molar-refractivity contribution in [3.8, 4) is 6.07 Å². The Morgan fingerprint density at radius 3 is 2.59 bits per heavy atom. The number of hydrogen-bond donors (Lipinski definition) is 1. The van der Waals surface area contributed by atoms with E-state index in [9.17, 15) is 14.9 Å². The molecule has 0 aromatic carbocycles. The predicted octanol–water partition coefficient (Wildman–Crippen LogP) is 4.81. The molecule has 5 rings (SSSR count). The summed E-state index contributed by atoms with van der Waals surface area (Å²) < 4.78 is 1.57. The summed E-state index contributed by atoms with van der Waals surface area (Å²) in [7, 11) is 1.73. The van der Waals surface area contributed by atoms with Crippen LogP contribution >= 0.6 is 34.4 Å². The average Bonchev–Trinajstić information content (AvgIpc) is 3.23. The summed E-state index contributed by atoms with van der Waals surface area (Å²) in [6, 6.07) is 2.30. The normalized spacial score (nSPS) is 15.6. The molecule has 0 radical (unpaired) electrons. The molecule has 0 unspecified atom stereocenters. The van der Waals surface area contributed by atoms with Crippen LogP contribution in [0.15, 0.2) is 9.95 Å². The molecular weight excluding hydrogens is 460 g/mol. The van der Waals surface area contributed by atoms with Crippen LogP contribution in [0.4, 0.5) is 5.00 Å². The molecule has 2 aliphatic carbocycles. The molecule has 9 heteroatoms. The van der Waals surface area contributed by atoms with Gasteiger partial charge in [0, 0.05) is 16.8 Å². The largest absolute Gasteiger partial charge is 0.316 e. The maximum atomic E-state index is 13.0. The van der Waals surface area contributed by atoms with Gasteiger partial charge in [0.1, 0.15) is 15.9 Å². The molecule has 6 nitrogen and oxygen atoms in total. The van der Waals surface area contributed by atoms with Gasteiger partial charge in [0.05, 0.1) is 16.7 Å². The molecule has 0 saturated carbocycles.